The summed E-state index contributed by atoms with van der Waals surface area (Å²) in [6.07, 6.45) is 3.08. The lowest BCUT2D eigenvalue weighted by Gasteiger charge is -2.16. The monoisotopic (exact) mass is 345 g/mol. The minimum atomic E-state index is -3.44. The van der Waals surface area contributed by atoms with Crippen LogP contribution in [0.5, 0.6) is 5.75 Å². The number of halogens is 1. The zero-order chi connectivity index (χ0) is 16.9. The average Bonchev–Trinajstić information content (AvgIpc) is 3.30. The van der Waals surface area contributed by atoms with Crippen molar-refractivity contribution in [1.82, 2.24) is 4.72 Å². The van der Waals surface area contributed by atoms with Crippen LogP contribution in [0.2, 0.25) is 0 Å². The minimum Gasteiger partial charge on any atom is -0.490 e. The molecule has 0 unspecified atom stereocenters. The van der Waals surface area contributed by atoms with E-state index in [2.05, 4.69) is 4.72 Å². The van der Waals surface area contributed by atoms with Gasteiger partial charge in [0.15, 0.2) is 11.6 Å². The van der Waals surface area contributed by atoms with Crippen LogP contribution in [-0.2, 0) is 10.0 Å². The maximum Gasteiger partial charge on any atom is 0.212 e. The first kappa shape index (κ1) is 18.2. The summed E-state index contributed by atoms with van der Waals surface area (Å²) < 4.78 is 45.7. The van der Waals surface area contributed by atoms with Gasteiger partial charge in [0.25, 0.3) is 0 Å². The Kier molecular flexibility index (Phi) is 6.38. The van der Waals surface area contributed by atoms with E-state index in [9.17, 15) is 12.8 Å². The van der Waals surface area contributed by atoms with Crippen molar-refractivity contribution >= 4 is 10.0 Å². The molecule has 0 saturated heterocycles. The Balaban J connectivity index is 1.97. The molecule has 7 heteroatoms. The summed E-state index contributed by atoms with van der Waals surface area (Å²) in [6.45, 7) is 2.19. The second-order valence-corrected chi connectivity index (χ2v) is 7.91. The summed E-state index contributed by atoms with van der Waals surface area (Å²) in [5.74, 6) is 0.207. The molecule has 0 spiro atoms. The number of unbranched alkanes of at least 4 members (excludes halogenated alkanes) is 1. The zero-order valence-corrected chi connectivity index (χ0v) is 14.1. The van der Waals surface area contributed by atoms with Crippen LogP contribution in [-0.4, -0.2) is 32.5 Å². The van der Waals surface area contributed by atoms with Crippen LogP contribution in [0.25, 0.3) is 0 Å². The van der Waals surface area contributed by atoms with Gasteiger partial charge in [0.1, 0.15) is 0 Å². The molecule has 1 aliphatic rings. The smallest absolute Gasteiger partial charge is 0.212 e. The number of aliphatic hydroxyl groups is 1. The molecular formula is C16H24FNO4S. The first-order chi connectivity index (χ1) is 10.9. The van der Waals surface area contributed by atoms with Crippen LogP contribution in [0.15, 0.2) is 18.2 Å². The van der Waals surface area contributed by atoms with Crippen LogP contribution in [0.3, 0.4) is 0 Å². The first-order valence-electron chi connectivity index (χ1n) is 7.94. The first-order valence-corrected chi connectivity index (χ1v) is 9.59. The Bertz CT molecular complexity index is 617. The van der Waals surface area contributed by atoms with Crippen molar-refractivity contribution in [2.24, 2.45) is 5.92 Å². The lowest BCUT2D eigenvalue weighted by Crippen LogP contribution is -2.29. The van der Waals surface area contributed by atoms with E-state index in [1.165, 1.54) is 6.07 Å². The highest BCUT2D eigenvalue weighted by Crippen LogP contribution is 2.31. The highest BCUT2D eigenvalue weighted by Gasteiger charge is 2.23. The molecule has 1 fully saturated rings. The molecule has 23 heavy (non-hydrogen) atoms. The molecular weight excluding hydrogens is 321 g/mol. The van der Waals surface area contributed by atoms with Gasteiger partial charge >= 0.3 is 0 Å². The quantitative estimate of drug-likeness (QED) is 0.638. The molecule has 2 N–H and O–H groups in total. The summed E-state index contributed by atoms with van der Waals surface area (Å²) >= 11 is 0. The van der Waals surface area contributed by atoms with E-state index in [1.54, 1.807) is 19.1 Å². The van der Waals surface area contributed by atoms with Crippen molar-refractivity contribution in [3.8, 4) is 5.75 Å². The topological polar surface area (TPSA) is 75.6 Å². The van der Waals surface area contributed by atoms with Gasteiger partial charge in [-0.25, -0.2) is 17.5 Å². The van der Waals surface area contributed by atoms with Crippen molar-refractivity contribution in [1.29, 1.82) is 0 Å². The van der Waals surface area contributed by atoms with E-state index >= 15 is 0 Å². The molecule has 130 valence electrons. The van der Waals surface area contributed by atoms with E-state index < -0.39 is 21.9 Å². The van der Waals surface area contributed by atoms with Crippen LogP contribution in [0.1, 0.15) is 44.2 Å². The van der Waals surface area contributed by atoms with Gasteiger partial charge in [-0.05, 0) is 56.2 Å². The third kappa shape index (κ3) is 6.08. The number of hydrogen-bond acceptors (Lipinski definition) is 4. The largest absolute Gasteiger partial charge is 0.490 e. The predicted molar refractivity (Wildman–Crippen MR) is 86.3 cm³/mol. The van der Waals surface area contributed by atoms with Crippen molar-refractivity contribution in [3.63, 3.8) is 0 Å². The van der Waals surface area contributed by atoms with Crippen molar-refractivity contribution < 1.29 is 22.7 Å². The SMILES string of the molecule is C[C@@H](NS(=O)(=O)CCCCO)c1ccc(F)c(OCC2CC2)c1. The van der Waals surface area contributed by atoms with E-state index in [0.29, 0.717) is 30.9 Å². The summed E-state index contributed by atoms with van der Waals surface area (Å²) in [4.78, 5) is 0. The maximum absolute atomic E-state index is 13.8. The highest BCUT2D eigenvalue weighted by molar-refractivity contribution is 7.89. The Morgan fingerprint density at radius 2 is 2.13 bits per heavy atom. The number of sulfonamides is 1. The molecule has 1 aromatic rings. The standard InChI is InChI=1S/C16H24FNO4S/c1-12(18-23(20,21)9-3-2-8-19)14-6-7-15(17)16(10-14)22-11-13-4-5-13/h6-7,10,12-13,18-19H,2-5,8-9,11H2,1H3/t12-/m1/s1. The molecule has 0 amide bonds. The van der Waals surface area contributed by atoms with Crippen molar-refractivity contribution in [2.75, 3.05) is 19.0 Å². The molecule has 0 radical (unpaired) electrons. The molecule has 5 nitrogen and oxygen atoms in total. The van der Waals surface area contributed by atoms with Gasteiger partial charge in [-0.2, -0.15) is 0 Å². The second-order valence-electron chi connectivity index (χ2n) is 6.03. The predicted octanol–water partition coefficient (Wildman–Crippen LogP) is 2.37. The highest BCUT2D eigenvalue weighted by atomic mass is 32.2. The molecule has 0 aromatic heterocycles. The average molecular weight is 345 g/mol. The van der Waals surface area contributed by atoms with Gasteiger partial charge in [0.05, 0.1) is 12.4 Å². The molecule has 1 atom stereocenters. The third-order valence-corrected chi connectivity index (χ3v) is 5.34. The van der Waals surface area contributed by atoms with Gasteiger partial charge in [0, 0.05) is 12.6 Å². The molecule has 1 aliphatic carbocycles. The molecule has 0 aliphatic heterocycles. The van der Waals surface area contributed by atoms with Crippen molar-refractivity contribution in [2.45, 2.75) is 38.6 Å². The van der Waals surface area contributed by atoms with Crippen LogP contribution < -0.4 is 9.46 Å². The number of aliphatic hydroxyl groups excluding tert-OH is 1. The Morgan fingerprint density at radius 1 is 1.39 bits per heavy atom. The van der Waals surface area contributed by atoms with Gasteiger partial charge in [-0.15, -0.1) is 0 Å². The Hall–Kier alpha value is -1.18. The van der Waals surface area contributed by atoms with Crippen molar-refractivity contribution in [3.05, 3.63) is 29.6 Å². The number of ether oxygens (including phenoxy) is 1. The van der Waals surface area contributed by atoms with Crippen LogP contribution in [0.4, 0.5) is 4.39 Å². The molecule has 1 aromatic carbocycles. The summed E-state index contributed by atoms with van der Waals surface area (Å²) in [6, 6.07) is 3.94. The fourth-order valence-corrected chi connectivity index (χ4v) is 3.57. The molecule has 0 heterocycles. The maximum atomic E-state index is 13.8. The van der Waals surface area contributed by atoms with Crippen LogP contribution in [0, 0.1) is 11.7 Å². The normalized spacial score (nSPS) is 16.3. The van der Waals surface area contributed by atoms with Gasteiger partial charge in [0.2, 0.25) is 10.0 Å². The van der Waals surface area contributed by atoms with Gasteiger partial charge in [-0.1, -0.05) is 6.07 Å². The van der Waals surface area contributed by atoms with Gasteiger partial charge < -0.3 is 9.84 Å². The molecule has 1 saturated carbocycles. The third-order valence-electron chi connectivity index (χ3n) is 3.80. The second kappa shape index (κ2) is 8.08. The number of hydrogen-bond donors (Lipinski definition) is 2. The van der Waals surface area contributed by atoms with Crippen LogP contribution >= 0.6 is 0 Å². The molecule has 0 bridgehead atoms. The van der Waals surface area contributed by atoms with E-state index in [0.717, 1.165) is 12.8 Å². The fourth-order valence-electron chi connectivity index (χ4n) is 2.19. The fraction of sp³-hybridized carbons (Fsp3) is 0.625. The lowest BCUT2D eigenvalue weighted by atomic mass is 10.1. The van der Waals surface area contributed by atoms with Gasteiger partial charge in [-0.3, -0.25) is 0 Å². The number of rotatable bonds is 10. The van der Waals surface area contributed by atoms with E-state index in [-0.39, 0.29) is 18.1 Å². The van der Waals surface area contributed by atoms with E-state index in [1.807, 2.05) is 0 Å². The summed E-state index contributed by atoms with van der Waals surface area (Å²) in [7, 11) is -3.44. The Labute approximate surface area is 136 Å². The zero-order valence-electron chi connectivity index (χ0n) is 13.3. The molecule has 2 rings (SSSR count). The summed E-state index contributed by atoms with van der Waals surface area (Å²) in [5.41, 5.74) is 0.655. The summed E-state index contributed by atoms with van der Waals surface area (Å²) in [5, 5.41) is 8.71. The number of benzene rings is 1. The Morgan fingerprint density at radius 3 is 2.78 bits per heavy atom. The lowest BCUT2D eigenvalue weighted by molar-refractivity contribution is 0.285. The van der Waals surface area contributed by atoms with E-state index in [4.69, 9.17) is 9.84 Å². The number of nitrogens with one attached hydrogen (secondary N) is 1. The minimum absolute atomic E-state index is 0.0231.